The number of hydrogen-bond donors (Lipinski definition) is 2. The van der Waals surface area contributed by atoms with Crippen molar-refractivity contribution in [3.05, 3.63) is 34.2 Å². The summed E-state index contributed by atoms with van der Waals surface area (Å²) >= 11 is 4.42. The number of aromatic nitrogens is 1. The number of thiophene rings is 1. The maximum atomic E-state index is 12.2. The van der Waals surface area contributed by atoms with Crippen molar-refractivity contribution in [2.45, 2.75) is 30.5 Å². The molecule has 2 aromatic heterocycles. The molecule has 114 valence electrons. The number of sulfonamides is 1. The van der Waals surface area contributed by atoms with Crippen LogP contribution >= 0.6 is 27.3 Å². The molecule has 8 heteroatoms. The van der Waals surface area contributed by atoms with Crippen LogP contribution in [0.15, 0.2) is 38.5 Å². The first-order chi connectivity index (χ1) is 9.90. The minimum absolute atomic E-state index is 0.260. The molecular formula is C13H16BrN3O2S2. The molecule has 0 radical (unpaired) electrons. The van der Waals surface area contributed by atoms with Crippen molar-refractivity contribution in [2.24, 2.45) is 0 Å². The van der Waals surface area contributed by atoms with Gasteiger partial charge in [0.1, 0.15) is 10.0 Å². The molecule has 0 saturated carbocycles. The second-order valence-electron chi connectivity index (χ2n) is 4.55. The van der Waals surface area contributed by atoms with Crippen molar-refractivity contribution in [1.29, 1.82) is 0 Å². The van der Waals surface area contributed by atoms with Gasteiger partial charge in [-0.15, -0.1) is 11.3 Å². The SMILES string of the molecule is CCC(C)Nc1ccc(NS(=O)(=O)c2ccc(Br)s2)cn1. The zero-order valence-electron chi connectivity index (χ0n) is 11.6. The van der Waals surface area contributed by atoms with Crippen molar-refractivity contribution in [2.75, 3.05) is 10.0 Å². The van der Waals surface area contributed by atoms with E-state index in [0.29, 0.717) is 11.7 Å². The first-order valence-electron chi connectivity index (χ1n) is 6.41. The molecule has 0 bridgehead atoms. The summed E-state index contributed by atoms with van der Waals surface area (Å²) in [7, 11) is -3.55. The lowest BCUT2D eigenvalue weighted by molar-refractivity contribution is 0.603. The summed E-state index contributed by atoms with van der Waals surface area (Å²) in [6, 6.07) is 7.04. The van der Waals surface area contributed by atoms with Crippen molar-refractivity contribution < 1.29 is 8.42 Å². The molecule has 2 rings (SSSR count). The summed E-state index contributed by atoms with van der Waals surface area (Å²) in [4.78, 5) is 4.21. The van der Waals surface area contributed by atoms with Gasteiger partial charge in [0.25, 0.3) is 10.0 Å². The summed E-state index contributed by atoms with van der Waals surface area (Å²) in [5.41, 5.74) is 0.439. The zero-order chi connectivity index (χ0) is 15.5. The molecule has 0 spiro atoms. The maximum absolute atomic E-state index is 12.2. The molecular weight excluding hydrogens is 374 g/mol. The summed E-state index contributed by atoms with van der Waals surface area (Å²) in [6.45, 7) is 4.15. The highest BCUT2D eigenvalue weighted by atomic mass is 79.9. The molecule has 2 N–H and O–H groups in total. The second-order valence-corrected chi connectivity index (χ2v) is 8.92. The molecule has 2 aromatic rings. The lowest BCUT2D eigenvalue weighted by Crippen LogP contribution is -2.15. The highest BCUT2D eigenvalue weighted by Gasteiger charge is 2.16. The number of hydrogen-bond acceptors (Lipinski definition) is 5. The van der Waals surface area contributed by atoms with E-state index in [1.807, 2.05) is 0 Å². The van der Waals surface area contributed by atoms with Crippen molar-refractivity contribution in [1.82, 2.24) is 4.98 Å². The van der Waals surface area contributed by atoms with Gasteiger partial charge in [-0.1, -0.05) is 6.92 Å². The Hall–Kier alpha value is -1.12. The average molecular weight is 390 g/mol. The minimum Gasteiger partial charge on any atom is -0.368 e. The Morgan fingerprint density at radius 3 is 2.62 bits per heavy atom. The summed E-state index contributed by atoms with van der Waals surface area (Å²) in [5.74, 6) is 0.728. The number of anilines is 2. The third-order valence-corrected chi connectivity index (χ3v) is 6.33. The van der Waals surface area contributed by atoms with E-state index in [-0.39, 0.29) is 4.21 Å². The Bertz CT molecular complexity index is 698. The highest BCUT2D eigenvalue weighted by Crippen LogP contribution is 2.27. The smallest absolute Gasteiger partial charge is 0.271 e. The van der Waals surface area contributed by atoms with Crippen LogP contribution in [0.4, 0.5) is 11.5 Å². The van der Waals surface area contributed by atoms with E-state index in [9.17, 15) is 8.42 Å². The van der Waals surface area contributed by atoms with E-state index < -0.39 is 10.0 Å². The van der Waals surface area contributed by atoms with E-state index >= 15 is 0 Å². The molecule has 1 unspecified atom stereocenters. The Morgan fingerprint density at radius 1 is 1.33 bits per heavy atom. The molecule has 0 fully saturated rings. The van der Waals surface area contributed by atoms with Crippen LogP contribution in [-0.4, -0.2) is 19.4 Å². The van der Waals surface area contributed by atoms with Crippen molar-refractivity contribution in [3.8, 4) is 0 Å². The molecule has 0 amide bonds. The van der Waals surface area contributed by atoms with Gasteiger partial charge in [-0.2, -0.15) is 0 Å². The number of halogens is 1. The lowest BCUT2D eigenvalue weighted by Gasteiger charge is -2.12. The van der Waals surface area contributed by atoms with E-state index in [1.165, 1.54) is 6.20 Å². The van der Waals surface area contributed by atoms with Gasteiger partial charge in [-0.25, -0.2) is 13.4 Å². The van der Waals surface area contributed by atoms with Crippen LogP contribution in [0.3, 0.4) is 0 Å². The van der Waals surface area contributed by atoms with Crippen LogP contribution in [0.2, 0.25) is 0 Å². The summed E-state index contributed by atoms with van der Waals surface area (Å²) in [5, 5.41) is 3.22. The quantitative estimate of drug-likeness (QED) is 0.785. The monoisotopic (exact) mass is 389 g/mol. The Morgan fingerprint density at radius 2 is 2.10 bits per heavy atom. The van der Waals surface area contributed by atoms with Crippen LogP contribution < -0.4 is 10.0 Å². The summed E-state index contributed by atoms with van der Waals surface area (Å²) < 4.78 is 27.9. The lowest BCUT2D eigenvalue weighted by atomic mass is 10.2. The van der Waals surface area contributed by atoms with Crippen molar-refractivity contribution >= 4 is 48.8 Å². The number of pyridine rings is 1. The molecule has 5 nitrogen and oxygen atoms in total. The van der Waals surface area contributed by atoms with Crippen LogP contribution in [0.25, 0.3) is 0 Å². The Balaban J connectivity index is 2.09. The maximum Gasteiger partial charge on any atom is 0.271 e. The van der Waals surface area contributed by atoms with Gasteiger partial charge in [-0.05, 0) is 53.5 Å². The van der Waals surface area contributed by atoms with Crippen LogP contribution in [0.5, 0.6) is 0 Å². The fourth-order valence-corrected chi connectivity index (χ4v) is 4.59. The predicted octanol–water partition coefficient (Wildman–Crippen LogP) is 3.92. The highest BCUT2D eigenvalue weighted by molar-refractivity contribution is 9.11. The normalized spacial score (nSPS) is 12.9. The molecule has 0 aromatic carbocycles. The minimum atomic E-state index is -3.55. The Labute approximate surface area is 137 Å². The topological polar surface area (TPSA) is 71.1 Å². The van der Waals surface area contributed by atoms with E-state index in [4.69, 9.17) is 0 Å². The standard InChI is InChI=1S/C13H16BrN3O2S2/c1-3-9(2)16-12-6-4-10(8-15-12)17-21(18,19)13-7-5-11(14)20-13/h4-9,17H,3H2,1-2H3,(H,15,16). The van der Waals surface area contributed by atoms with E-state index in [2.05, 4.69) is 44.8 Å². The summed E-state index contributed by atoms with van der Waals surface area (Å²) in [6.07, 6.45) is 2.49. The van der Waals surface area contributed by atoms with Gasteiger partial charge in [0.15, 0.2) is 0 Å². The fourth-order valence-electron chi connectivity index (χ4n) is 1.54. The second kappa shape index (κ2) is 6.76. The van der Waals surface area contributed by atoms with Gasteiger partial charge in [0.2, 0.25) is 0 Å². The molecule has 0 aliphatic carbocycles. The molecule has 2 heterocycles. The third-order valence-electron chi connectivity index (χ3n) is 2.84. The molecule has 0 aliphatic rings. The number of nitrogens with zero attached hydrogens (tertiary/aromatic N) is 1. The largest absolute Gasteiger partial charge is 0.368 e. The number of rotatable bonds is 6. The first-order valence-corrected chi connectivity index (χ1v) is 9.50. The molecule has 0 saturated heterocycles. The number of nitrogens with one attached hydrogen (secondary N) is 2. The molecule has 21 heavy (non-hydrogen) atoms. The molecule has 1 atom stereocenters. The fraction of sp³-hybridized carbons (Fsp3) is 0.308. The van der Waals surface area contributed by atoms with Gasteiger partial charge < -0.3 is 5.32 Å². The van der Waals surface area contributed by atoms with Crippen molar-refractivity contribution in [3.63, 3.8) is 0 Å². The zero-order valence-corrected chi connectivity index (χ0v) is 14.8. The van der Waals surface area contributed by atoms with Gasteiger partial charge in [0.05, 0.1) is 15.7 Å². The third kappa shape index (κ3) is 4.42. The van der Waals surface area contributed by atoms with E-state index in [0.717, 1.165) is 27.4 Å². The van der Waals surface area contributed by atoms with Gasteiger partial charge >= 0.3 is 0 Å². The van der Waals surface area contributed by atoms with Crippen LogP contribution in [-0.2, 0) is 10.0 Å². The van der Waals surface area contributed by atoms with Gasteiger partial charge in [0, 0.05) is 6.04 Å². The van der Waals surface area contributed by atoms with Gasteiger partial charge in [-0.3, -0.25) is 4.72 Å². The average Bonchev–Trinajstić information content (AvgIpc) is 2.88. The first kappa shape index (κ1) is 16.3. The molecule has 0 aliphatic heterocycles. The Kier molecular flexibility index (Phi) is 5.23. The van der Waals surface area contributed by atoms with Crippen LogP contribution in [0.1, 0.15) is 20.3 Å². The van der Waals surface area contributed by atoms with E-state index in [1.54, 1.807) is 24.3 Å². The van der Waals surface area contributed by atoms with Crippen LogP contribution in [0, 0.1) is 0 Å². The predicted molar refractivity (Wildman–Crippen MR) is 90.4 cm³/mol.